The van der Waals surface area contributed by atoms with E-state index in [9.17, 15) is 4.79 Å². The highest BCUT2D eigenvalue weighted by atomic mass is 16.5. The Kier molecular flexibility index (Phi) is 4.24. The van der Waals surface area contributed by atoms with Crippen LogP contribution < -0.4 is 9.64 Å². The molecule has 0 spiro atoms. The third kappa shape index (κ3) is 2.98. The van der Waals surface area contributed by atoms with Crippen molar-refractivity contribution in [2.75, 3.05) is 38.2 Å². The average Bonchev–Trinajstić information content (AvgIpc) is 3.10. The summed E-state index contributed by atoms with van der Waals surface area (Å²) in [5.74, 6) is 0.856. The molecule has 1 aliphatic heterocycles. The number of carbonyl (C=O) groups is 1. The van der Waals surface area contributed by atoms with E-state index in [1.54, 1.807) is 7.11 Å². The van der Waals surface area contributed by atoms with Crippen molar-refractivity contribution in [3.63, 3.8) is 0 Å². The molecule has 0 saturated carbocycles. The van der Waals surface area contributed by atoms with Crippen molar-refractivity contribution in [1.29, 1.82) is 0 Å². The number of carbonyl (C=O) groups excluding carboxylic acids is 1. The molecule has 134 valence electrons. The molecule has 0 unspecified atom stereocenters. The monoisotopic (exact) mass is 350 g/mol. The number of rotatable bonds is 3. The van der Waals surface area contributed by atoms with E-state index in [4.69, 9.17) is 4.74 Å². The normalized spacial score (nSPS) is 14.7. The van der Waals surface area contributed by atoms with E-state index in [1.165, 1.54) is 0 Å². The van der Waals surface area contributed by atoms with E-state index in [-0.39, 0.29) is 5.91 Å². The second-order valence-electron chi connectivity index (χ2n) is 6.55. The number of anilines is 1. The van der Waals surface area contributed by atoms with Gasteiger partial charge in [0, 0.05) is 38.6 Å². The smallest absolute Gasteiger partial charge is 0.274 e. The molecule has 1 aromatic carbocycles. The largest absolute Gasteiger partial charge is 0.495 e. The molecule has 4 rings (SSSR count). The summed E-state index contributed by atoms with van der Waals surface area (Å²) in [6.45, 7) is 4.91. The minimum Gasteiger partial charge on any atom is -0.495 e. The number of para-hydroxylation sites is 2. The second-order valence-corrected chi connectivity index (χ2v) is 6.55. The fourth-order valence-electron chi connectivity index (χ4n) is 3.39. The minimum atomic E-state index is -0.00831. The van der Waals surface area contributed by atoms with Gasteiger partial charge in [-0.2, -0.15) is 0 Å². The predicted molar refractivity (Wildman–Crippen MR) is 101 cm³/mol. The number of nitrogens with zero attached hydrogens (tertiary/aromatic N) is 4. The predicted octanol–water partition coefficient (Wildman–Crippen LogP) is 2.61. The Morgan fingerprint density at radius 3 is 2.65 bits per heavy atom. The fourth-order valence-corrected chi connectivity index (χ4v) is 3.39. The van der Waals surface area contributed by atoms with Gasteiger partial charge in [0.15, 0.2) is 0 Å². The molecule has 3 aromatic rings. The average molecular weight is 350 g/mol. The fraction of sp³-hybridized carbons (Fsp3) is 0.300. The Labute approximate surface area is 152 Å². The van der Waals surface area contributed by atoms with Gasteiger partial charge in [-0.3, -0.25) is 4.79 Å². The van der Waals surface area contributed by atoms with Gasteiger partial charge in [0.2, 0.25) is 0 Å². The quantitative estimate of drug-likeness (QED) is 0.729. The number of methoxy groups -OCH3 is 1. The maximum atomic E-state index is 12.8. The molecule has 6 nitrogen and oxygen atoms in total. The molecule has 0 aliphatic carbocycles. The van der Waals surface area contributed by atoms with Crippen molar-refractivity contribution in [2.45, 2.75) is 6.92 Å². The standard InChI is InChI=1S/C20H22N4O2/c1-15-7-8-24-14-16(21-19(24)13-15)20(25)23-11-9-22(10-12-23)17-5-3-4-6-18(17)26-2/h3-8,13-14H,9-12H2,1-2H3. The molecule has 0 bridgehead atoms. The molecule has 6 heteroatoms. The molecule has 0 radical (unpaired) electrons. The van der Waals surface area contributed by atoms with Crippen molar-refractivity contribution in [1.82, 2.24) is 14.3 Å². The molecular formula is C20H22N4O2. The van der Waals surface area contributed by atoms with Gasteiger partial charge in [-0.05, 0) is 36.8 Å². The number of aryl methyl sites for hydroxylation is 1. The second kappa shape index (κ2) is 6.71. The van der Waals surface area contributed by atoms with Gasteiger partial charge in [-0.15, -0.1) is 0 Å². The van der Waals surface area contributed by atoms with E-state index in [1.807, 2.05) is 58.9 Å². The van der Waals surface area contributed by atoms with Gasteiger partial charge in [0.1, 0.15) is 17.1 Å². The molecule has 26 heavy (non-hydrogen) atoms. The first-order valence-corrected chi connectivity index (χ1v) is 8.78. The first kappa shape index (κ1) is 16.4. The van der Waals surface area contributed by atoms with E-state index < -0.39 is 0 Å². The van der Waals surface area contributed by atoms with Crippen LogP contribution in [-0.4, -0.2) is 53.5 Å². The zero-order chi connectivity index (χ0) is 18.1. The van der Waals surface area contributed by atoms with Crippen LogP contribution in [0.1, 0.15) is 16.1 Å². The van der Waals surface area contributed by atoms with Crippen LogP contribution in [0.3, 0.4) is 0 Å². The summed E-state index contributed by atoms with van der Waals surface area (Å²) in [5, 5.41) is 0. The number of aromatic nitrogens is 2. The Morgan fingerprint density at radius 2 is 1.88 bits per heavy atom. The van der Waals surface area contributed by atoms with Crippen molar-refractivity contribution in [2.24, 2.45) is 0 Å². The van der Waals surface area contributed by atoms with E-state index in [0.717, 1.165) is 35.7 Å². The van der Waals surface area contributed by atoms with Gasteiger partial charge in [0.25, 0.3) is 5.91 Å². The number of fused-ring (bicyclic) bond motifs is 1. The van der Waals surface area contributed by atoms with Crippen LogP contribution >= 0.6 is 0 Å². The van der Waals surface area contributed by atoms with Crippen LogP contribution in [0, 0.1) is 6.92 Å². The van der Waals surface area contributed by atoms with Crippen LogP contribution in [0.25, 0.3) is 5.65 Å². The summed E-state index contributed by atoms with van der Waals surface area (Å²) in [7, 11) is 1.68. The van der Waals surface area contributed by atoms with Gasteiger partial charge in [0.05, 0.1) is 12.8 Å². The maximum Gasteiger partial charge on any atom is 0.274 e. The van der Waals surface area contributed by atoms with Crippen LogP contribution in [-0.2, 0) is 0 Å². The van der Waals surface area contributed by atoms with Crippen molar-refractivity contribution in [3.05, 3.63) is 60.0 Å². The Morgan fingerprint density at radius 1 is 1.12 bits per heavy atom. The van der Waals surface area contributed by atoms with Gasteiger partial charge in [-0.25, -0.2) is 4.98 Å². The summed E-state index contributed by atoms with van der Waals surface area (Å²) < 4.78 is 7.34. The van der Waals surface area contributed by atoms with Crippen molar-refractivity contribution < 1.29 is 9.53 Å². The lowest BCUT2D eigenvalue weighted by atomic mass is 10.2. The minimum absolute atomic E-state index is 0.00831. The number of benzene rings is 1. The molecule has 3 heterocycles. The Balaban J connectivity index is 1.47. The van der Waals surface area contributed by atoms with Crippen LogP contribution in [0.5, 0.6) is 5.75 Å². The number of piperazine rings is 1. The number of hydrogen-bond donors (Lipinski definition) is 0. The topological polar surface area (TPSA) is 50.1 Å². The highest BCUT2D eigenvalue weighted by Gasteiger charge is 2.25. The SMILES string of the molecule is COc1ccccc1N1CCN(C(=O)c2cn3ccc(C)cc3n2)CC1. The lowest BCUT2D eigenvalue weighted by molar-refractivity contribution is 0.0741. The number of hydrogen-bond acceptors (Lipinski definition) is 4. The molecule has 2 aromatic heterocycles. The van der Waals surface area contributed by atoms with E-state index in [2.05, 4.69) is 16.0 Å². The number of amides is 1. The van der Waals surface area contributed by atoms with Crippen LogP contribution in [0.2, 0.25) is 0 Å². The zero-order valence-corrected chi connectivity index (χ0v) is 15.1. The first-order valence-electron chi connectivity index (χ1n) is 8.78. The van der Waals surface area contributed by atoms with Crippen LogP contribution in [0.15, 0.2) is 48.8 Å². The number of pyridine rings is 1. The molecule has 1 amide bonds. The van der Waals surface area contributed by atoms with E-state index in [0.29, 0.717) is 18.8 Å². The lowest BCUT2D eigenvalue weighted by Gasteiger charge is -2.36. The lowest BCUT2D eigenvalue weighted by Crippen LogP contribution is -2.49. The Hall–Kier alpha value is -3.02. The zero-order valence-electron chi connectivity index (χ0n) is 15.1. The number of imidazole rings is 1. The summed E-state index contributed by atoms with van der Waals surface area (Å²) in [6, 6.07) is 12.0. The summed E-state index contributed by atoms with van der Waals surface area (Å²) in [6.07, 6.45) is 3.75. The van der Waals surface area contributed by atoms with Gasteiger partial charge < -0.3 is 18.9 Å². The maximum absolute atomic E-state index is 12.8. The first-order chi connectivity index (χ1) is 12.7. The molecule has 0 atom stereocenters. The van der Waals surface area contributed by atoms with Crippen LogP contribution in [0.4, 0.5) is 5.69 Å². The molecule has 0 N–H and O–H groups in total. The molecule has 1 aliphatic rings. The van der Waals surface area contributed by atoms with Gasteiger partial charge in [-0.1, -0.05) is 12.1 Å². The highest BCUT2D eigenvalue weighted by Crippen LogP contribution is 2.28. The molecular weight excluding hydrogens is 328 g/mol. The highest BCUT2D eigenvalue weighted by molar-refractivity contribution is 5.93. The third-order valence-corrected chi connectivity index (χ3v) is 4.83. The van der Waals surface area contributed by atoms with E-state index >= 15 is 0 Å². The summed E-state index contributed by atoms with van der Waals surface area (Å²) in [4.78, 5) is 21.5. The summed E-state index contributed by atoms with van der Waals surface area (Å²) >= 11 is 0. The Bertz CT molecular complexity index is 942. The molecule has 1 fully saturated rings. The summed E-state index contributed by atoms with van der Waals surface area (Å²) in [5.41, 5.74) is 3.51. The van der Waals surface area contributed by atoms with Gasteiger partial charge >= 0.3 is 0 Å². The van der Waals surface area contributed by atoms with Crippen molar-refractivity contribution in [3.8, 4) is 5.75 Å². The third-order valence-electron chi connectivity index (χ3n) is 4.83. The van der Waals surface area contributed by atoms with Crippen molar-refractivity contribution >= 4 is 17.2 Å². The number of ether oxygens (including phenoxy) is 1. The molecule has 1 saturated heterocycles.